The summed E-state index contributed by atoms with van der Waals surface area (Å²) in [5, 5.41) is 3.11. The SMILES string of the molecule is COc1nc(NN)nc(NCC2Cc3ccccc3O2)n1. The van der Waals surface area contributed by atoms with Gasteiger partial charge in [-0.15, -0.1) is 0 Å². The highest BCUT2D eigenvalue weighted by atomic mass is 16.5. The molecule has 1 aliphatic heterocycles. The van der Waals surface area contributed by atoms with Gasteiger partial charge >= 0.3 is 6.01 Å². The van der Waals surface area contributed by atoms with E-state index in [0.29, 0.717) is 12.5 Å². The quantitative estimate of drug-likeness (QED) is 0.542. The van der Waals surface area contributed by atoms with E-state index in [0.717, 1.165) is 12.2 Å². The number of anilines is 2. The Morgan fingerprint density at radius 3 is 2.86 bits per heavy atom. The van der Waals surface area contributed by atoms with Gasteiger partial charge in [-0.05, 0) is 11.6 Å². The second-order valence-electron chi connectivity index (χ2n) is 4.55. The first kappa shape index (κ1) is 13.4. The minimum atomic E-state index is 0.0412. The lowest BCUT2D eigenvalue weighted by atomic mass is 10.1. The molecule has 4 N–H and O–H groups in total. The third-order valence-electron chi connectivity index (χ3n) is 3.13. The van der Waals surface area contributed by atoms with Crippen LogP contribution in [-0.2, 0) is 6.42 Å². The fourth-order valence-electron chi connectivity index (χ4n) is 2.16. The number of hydrogen-bond acceptors (Lipinski definition) is 8. The zero-order valence-corrected chi connectivity index (χ0v) is 11.5. The lowest BCUT2D eigenvalue weighted by Crippen LogP contribution is -2.25. The maximum atomic E-state index is 5.84. The van der Waals surface area contributed by atoms with Crippen LogP contribution in [0.1, 0.15) is 5.56 Å². The molecule has 21 heavy (non-hydrogen) atoms. The second-order valence-corrected chi connectivity index (χ2v) is 4.55. The number of fused-ring (bicyclic) bond motifs is 1. The summed E-state index contributed by atoms with van der Waals surface area (Å²) in [6.07, 6.45) is 0.896. The van der Waals surface area contributed by atoms with Crippen molar-refractivity contribution in [2.24, 2.45) is 5.84 Å². The first-order valence-corrected chi connectivity index (χ1v) is 6.53. The van der Waals surface area contributed by atoms with Gasteiger partial charge in [-0.25, -0.2) is 5.84 Å². The molecule has 8 heteroatoms. The molecule has 1 aromatic carbocycles. The summed E-state index contributed by atoms with van der Waals surface area (Å²) in [5.41, 5.74) is 3.58. The minimum absolute atomic E-state index is 0.0412. The molecule has 0 radical (unpaired) electrons. The number of nitrogens with one attached hydrogen (secondary N) is 2. The van der Waals surface area contributed by atoms with Crippen molar-refractivity contribution in [1.29, 1.82) is 0 Å². The third-order valence-corrected chi connectivity index (χ3v) is 3.13. The van der Waals surface area contributed by atoms with E-state index in [1.807, 2.05) is 18.2 Å². The van der Waals surface area contributed by atoms with Gasteiger partial charge in [0, 0.05) is 6.42 Å². The van der Waals surface area contributed by atoms with Crippen molar-refractivity contribution < 1.29 is 9.47 Å². The Bertz CT molecular complexity index is 589. The summed E-state index contributed by atoms with van der Waals surface area (Å²) in [5.74, 6) is 6.86. The smallest absolute Gasteiger partial charge is 0.322 e. The van der Waals surface area contributed by atoms with Crippen molar-refractivity contribution in [3.63, 3.8) is 0 Å². The summed E-state index contributed by atoms with van der Waals surface area (Å²) in [6, 6.07) is 8.20. The molecule has 0 fully saturated rings. The first-order valence-electron chi connectivity index (χ1n) is 6.53. The highest BCUT2D eigenvalue weighted by molar-refractivity contribution is 5.39. The molecule has 1 aliphatic rings. The molecule has 8 nitrogen and oxygen atoms in total. The number of ether oxygens (including phenoxy) is 2. The molecule has 0 aliphatic carbocycles. The van der Waals surface area contributed by atoms with E-state index in [4.69, 9.17) is 15.3 Å². The minimum Gasteiger partial charge on any atom is -0.488 e. The Balaban J connectivity index is 1.64. The van der Waals surface area contributed by atoms with E-state index in [-0.39, 0.29) is 18.1 Å². The van der Waals surface area contributed by atoms with Gasteiger partial charge in [-0.3, -0.25) is 5.43 Å². The number of rotatable bonds is 5. The highest BCUT2D eigenvalue weighted by Crippen LogP contribution is 2.28. The molecule has 3 rings (SSSR count). The topological polar surface area (TPSA) is 107 Å². The predicted molar refractivity (Wildman–Crippen MR) is 77.2 cm³/mol. The largest absolute Gasteiger partial charge is 0.488 e. The number of hydrazine groups is 1. The summed E-state index contributed by atoms with van der Waals surface area (Å²) < 4.78 is 10.8. The molecule has 2 heterocycles. The molecule has 0 bridgehead atoms. The number of hydrogen-bond donors (Lipinski definition) is 3. The molecular weight excluding hydrogens is 272 g/mol. The van der Waals surface area contributed by atoms with Gasteiger partial charge < -0.3 is 14.8 Å². The monoisotopic (exact) mass is 288 g/mol. The third kappa shape index (κ3) is 2.95. The van der Waals surface area contributed by atoms with Crippen molar-refractivity contribution in [3.05, 3.63) is 29.8 Å². The summed E-state index contributed by atoms with van der Waals surface area (Å²) >= 11 is 0. The lowest BCUT2D eigenvalue weighted by Gasteiger charge is -2.12. The Kier molecular flexibility index (Phi) is 3.69. The van der Waals surface area contributed by atoms with Crippen LogP contribution in [0.4, 0.5) is 11.9 Å². The molecule has 0 spiro atoms. The number of benzene rings is 1. The van der Waals surface area contributed by atoms with E-state index in [1.54, 1.807) is 0 Å². The van der Waals surface area contributed by atoms with Crippen LogP contribution >= 0.6 is 0 Å². The van der Waals surface area contributed by atoms with Crippen LogP contribution in [0.3, 0.4) is 0 Å². The zero-order valence-electron chi connectivity index (χ0n) is 11.5. The maximum Gasteiger partial charge on any atom is 0.322 e. The standard InChI is InChI=1S/C13H16N6O2/c1-20-13-17-11(16-12(18-13)19-14)15-7-9-6-8-4-2-3-5-10(8)21-9/h2-5,9H,6-7,14H2,1H3,(H2,15,16,17,18,19). The fraction of sp³-hybridized carbons (Fsp3) is 0.308. The van der Waals surface area contributed by atoms with Crippen LogP contribution in [0, 0.1) is 0 Å². The molecule has 1 aromatic heterocycles. The number of nitrogen functional groups attached to an aromatic ring is 1. The fourth-order valence-corrected chi connectivity index (χ4v) is 2.16. The van der Waals surface area contributed by atoms with Crippen LogP contribution in [0.5, 0.6) is 11.8 Å². The van der Waals surface area contributed by atoms with Gasteiger partial charge in [-0.1, -0.05) is 18.2 Å². The molecular formula is C13H16N6O2. The van der Waals surface area contributed by atoms with Crippen molar-refractivity contribution in [2.75, 3.05) is 24.4 Å². The van der Waals surface area contributed by atoms with Crippen molar-refractivity contribution >= 4 is 11.9 Å². The number of nitrogens with zero attached hydrogens (tertiary/aromatic N) is 3. The molecule has 0 saturated heterocycles. The van der Waals surface area contributed by atoms with Crippen LogP contribution in [-0.4, -0.2) is 34.7 Å². The maximum absolute atomic E-state index is 5.84. The van der Waals surface area contributed by atoms with Crippen molar-refractivity contribution in [2.45, 2.75) is 12.5 Å². The molecule has 0 saturated carbocycles. The Hall–Kier alpha value is -2.61. The van der Waals surface area contributed by atoms with E-state index in [9.17, 15) is 0 Å². The Labute approximate surface area is 121 Å². The van der Waals surface area contributed by atoms with Gasteiger partial charge in [-0.2, -0.15) is 15.0 Å². The summed E-state index contributed by atoms with van der Waals surface area (Å²) in [6.45, 7) is 0.575. The predicted octanol–water partition coefficient (Wildman–Crippen LogP) is 0.581. The Morgan fingerprint density at radius 1 is 1.29 bits per heavy atom. The highest BCUT2D eigenvalue weighted by Gasteiger charge is 2.22. The second kappa shape index (κ2) is 5.80. The molecule has 110 valence electrons. The van der Waals surface area contributed by atoms with Crippen molar-refractivity contribution in [1.82, 2.24) is 15.0 Å². The van der Waals surface area contributed by atoms with E-state index in [2.05, 4.69) is 31.8 Å². The first-order chi connectivity index (χ1) is 10.3. The lowest BCUT2D eigenvalue weighted by molar-refractivity contribution is 0.246. The number of aromatic nitrogens is 3. The zero-order chi connectivity index (χ0) is 14.7. The summed E-state index contributed by atoms with van der Waals surface area (Å²) in [7, 11) is 1.48. The molecule has 1 atom stereocenters. The van der Waals surface area contributed by atoms with Crippen LogP contribution in [0.25, 0.3) is 0 Å². The molecule has 0 amide bonds. The number of para-hydroxylation sites is 1. The number of methoxy groups -OCH3 is 1. The Morgan fingerprint density at radius 2 is 2.10 bits per heavy atom. The van der Waals surface area contributed by atoms with Gasteiger partial charge in [0.05, 0.1) is 13.7 Å². The van der Waals surface area contributed by atoms with E-state index in [1.165, 1.54) is 12.7 Å². The summed E-state index contributed by atoms with van der Waals surface area (Å²) in [4.78, 5) is 12.1. The van der Waals surface area contributed by atoms with Gasteiger partial charge in [0.15, 0.2) is 0 Å². The normalized spacial score (nSPS) is 16.0. The number of nitrogens with two attached hydrogens (primary N) is 1. The van der Waals surface area contributed by atoms with Gasteiger partial charge in [0.2, 0.25) is 11.9 Å². The molecule has 2 aromatic rings. The van der Waals surface area contributed by atoms with Crippen LogP contribution in [0.2, 0.25) is 0 Å². The van der Waals surface area contributed by atoms with Gasteiger partial charge in [0.25, 0.3) is 0 Å². The van der Waals surface area contributed by atoms with Gasteiger partial charge in [0.1, 0.15) is 11.9 Å². The van der Waals surface area contributed by atoms with Crippen LogP contribution in [0.15, 0.2) is 24.3 Å². The van der Waals surface area contributed by atoms with Crippen LogP contribution < -0.4 is 26.1 Å². The molecule has 1 unspecified atom stereocenters. The van der Waals surface area contributed by atoms with E-state index < -0.39 is 0 Å². The van der Waals surface area contributed by atoms with E-state index >= 15 is 0 Å². The average Bonchev–Trinajstić information content (AvgIpc) is 2.95. The average molecular weight is 288 g/mol. The van der Waals surface area contributed by atoms with Crippen molar-refractivity contribution in [3.8, 4) is 11.8 Å².